The van der Waals surface area contributed by atoms with Crippen molar-refractivity contribution in [2.24, 2.45) is 17.6 Å². The van der Waals surface area contributed by atoms with E-state index < -0.39 is 78.3 Å². The summed E-state index contributed by atoms with van der Waals surface area (Å²) in [6, 6.07) is 22.1. The second-order valence-electron chi connectivity index (χ2n) is 19.3. The molecule has 6 rings (SSSR count). The van der Waals surface area contributed by atoms with Crippen molar-refractivity contribution in [2.45, 2.75) is 128 Å². The van der Waals surface area contributed by atoms with E-state index in [0.717, 1.165) is 16.7 Å². The van der Waals surface area contributed by atoms with Gasteiger partial charge in [-0.2, -0.15) is 0 Å². The van der Waals surface area contributed by atoms with E-state index in [9.17, 15) is 33.9 Å². The molecule has 377 valence electrons. The number of aliphatic hydroxyl groups excluding tert-OH is 1. The zero-order valence-electron chi connectivity index (χ0n) is 41.1. The molecule has 3 heterocycles. The van der Waals surface area contributed by atoms with Crippen LogP contribution in [-0.2, 0) is 54.5 Å². The summed E-state index contributed by atoms with van der Waals surface area (Å²) in [5.41, 5.74) is 9.81. The van der Waals surface area contributed by atoms with E-state index in [-0.39, 0.29) is 43.3 Å². The first-order valence-electron chi connectivity index (χ1n) is 24.6. The lowest BCUT2D eigenvalue weighted by atomic mass is 9.83. The molecule has 17 heteroatoms. The third kappa shape index (κ3) is 16.0. The number of amides is 5. The van der Waals surface area contributed by atoms with Gasteiger partial charge in [0.05, 0.1) is 60.6 Å². The van der Waals surface area contributed by atoms with Crippen LogP contribution >= 0.6 is 0 Å². The third-order valence-electron chi connectivity index (χ3n) is 12.6. The Morgan fingerprint density at radius 1 is 0.690 bits per heavy atom. The molecule has 17 nitrogen and oxygen atoms in total. The topological polar surface area (TPSA) is 257 Å². The largest absolute Gasteiger partial charge is 0.390 e. The Balaban J connectivity index is 1.17. The standard InChI is InChI=1S/C54H69N10O7/c1-34(2)23-43(48(65)29-49(66)60-44(24-35(3)4)50(67)41(38-19-12-7-13-20-38)25-36-15-8-5-9-16-36)61-52(69)46(28-40-31-57-33-59-40)62-51(68)45(26-37-17-10-6-11-18-37)63-53(70)47-21-14-22-64(47)54(71)42(55)27-39-30-56-32-58-39/h5-13,15-20,30-35,42-48,65H,14,21-29,55H2,1-4H3,(H,56,58)(H,57,59)(H,60,66)(H,61,69)(H,62,68)(H,63,70)/t42-,43-,44-,45-,46-,47-,48-/m0/s1. The molecule has 5 amide bonds. The molecule has 71 heavy (non-hydrogen) atoms. The van der Waals surface area contributed by atoms with Crippen molar-refractivity contribution in [1.82, 2.24) is 46.1 Å². The van der Waals surface area contributed by atoms with Crippen molar-refractivity contribution >= 4 is 35.3 Å². The first-order chi connectivity index (χ1) is 34.1. The zero-order valence-corrected chi connectivity index (χ0v) is 41.1. The minimum Gasteiger partial charge on any atom is -0.390 e. The number of benzene rings is 3. The normalized spacial score (nSPS) is 16.2. The third-order valence-corrected chi connectivity index (χ3v) is 12.6. The average Bonchev–Trinajstić information content (AvgIpc) is 4.18. The van der Waals surface area contributed by atoms with Crippen molar-refractivity contribution in [3.05, 3.63) is 150 Å². The molecular weight excluding hydrogens is 901 g/mol. The van der Waals surface area contributed by atoms with E-state index in [4.69, 9.17) is 5.73 Å². The first kappa shape index (κ1) is 53.4. The Hall–Kier alpha value is -6.98. The van der Waals surface area contributed by atoms with Crippen LogP contribution in [0.1, 0.15) is 87.9 Å². The number of H-pyrrole nitrogens is 2. The number of hydrogen-bond donors (Lipinski definition) is 8. The Morgan fingerprint density at radius 2 is 1.25 bits per heavy atom. The van der Waals surface area contributed by atoms with Gasteiger partial charge in [-0.15, -0.1) is 0 Å². The number of ketones is 1. The van der Waals surface area contributed by atoms with Gasteiger partial charge in [0.15, 0.2) is 5.78 Å². The van der Waals surface area contributed by atoms with Crippen LogP contribution in [0.5, 0.6) is 0 Å². The highest BCUT2D eigenvalue weighted by molar-refractivity contribution is 6.02. The molecule has 0 unspecified atom stereocenters. The summed E-state index contributed by atoms with van der Waals surface area (Å²) >= 11 is 0. The second kappa shape index (κ2) is 26.3. The molecule has 7 atom stereocenters. The Bertz CT molecular complexity index is 2450. The van der Waals surface area contributed by atoms with Gasteiger partial charge in [0, 0.05) is 38.2 Å². The number of nitrogens with one attached hydrogen (secondary N) is 6. The summed E-state index contributed by atoms with van der Waals surface area (Å²) in [5, 5.41) is 23.4. The van der Waals surface area contributed by atoms with E-state index in [1.54, 1.807) is 12.4 Å². The molecule has 1 fully saturated rings. The zero-order chi connectivity index (χ0) is 50.9. The lowest BCUT2D eigenvalue weighted by Gasteiger charge is -2.30. The van der Waals surface area contributed by atoms with Crippen LogP contribution in [0.15, 0.2) is 116 Å². The van der Waals surface area contributed by atoms with Gasteiger partial charge in [-0.05, 0) is 60.6 Å². The van der Waals surface area contributed by atoms with Crippen molar-refractivity contribution in [2.75, 3.05) is 6.54 Å². The average molecular weight is 970 g/mol. The molecule has 2 aromatic heterocycles. The minimum absolute atomic E-state index is 0.0407. The fraction of sp³-hybridized carbons (Fsp3) is 0.426. The lowest BCUT2D eigenvalue weighted by Crippen LogP contribution is -2.59. The van der Waals surface area contributed by atoms with Crippen molar-refractivity contribution in [3.8, 4) is 0 Å². The molecule has 0 bridgehead atoms. The predicted molar refractivity (Wildman–Crippen MR) is 269 cm³/mol. The summed E-state index contributed by atoms with van der Waals surface area (Å²) in [7, 11) is 0. The maximum absolute atomic E-state index is 14.5. The highest BCUT2D eigenvalue weighted by Gasteiger charge is 2.39. The molecule has 0 aliphatic carbocycles. The molecule has 1 radical (unpaired) electrons. The minimum atomic E-state index is -1.38. The van der Waals surface area contributed by atoms with Crippen molar-refractivity contribution in [3.63, 3.8) is 0 Å². The van der Waals surface area contributed by atoms with E-state index >= 15 is 0 Å². The summed E-state index contributed by atoms with van der Waals surface area (Å²) in [6.45, 7) is 8.10. The maximum atomic E-state index is 14.5. The van der Waals surface area contributed by atoms with Gasteiger partial charge in [0.25, 0.3) is 0 Å². The number of nitrogens with zero attached hydrogens (tertiary/aromatic N) is 3. The van der Waals surface area contributed by atoms with Gasteiger partial charge in [-0.1, -0.05) is 119 Å². The Morgan fingerprint density at radius 3 is 1.85 bits per heavy atom. The quantitative estimate of drug-likeness (QED) is 0.0399. The van der Waals surface area contributed by atoms with Crippen LogP contribution in [-0.4, -0.2) is 114 Å². The van der Waals surface area contributed by atoms with Crippen LogP contribution in [0.2, 0.25) is 0 Å². The number of nitrogens with two attached hydrogens (primary N) is 1. The van der Waals surface area contributed by atoms with E-state index in [1.807, 2.05) is 119 Å². The molecule has 1 saturated heterocycles. The number of likely N-dealkylation sites (tertiary alicyclic amines) is 1. The SMILES string of the molecule is CC(C)C[C@H](NC(=O)C[C@H](O)[C@H](CC(C)C)NC(=O)[C@H](Cc1c[nH]cn1)NC(=O)[C@H](Cc1ccccc1)NC(=O)[C@@H]1CCCN1C(=O)[C@@H](N)Cc1c[nH]cn1)C(=O)[C](Cc1ccccc1)c1ccccc1. The summed E-state index contributed by atoms with van der Waals surface area (Å²) in [4.78, 5) is 101. The number of imidazole rings is 2. The van der Waals surface area contributed by atoms with Gasteiger partial charge in [-0.3, -0.25) is 28.8 Å². The molecule has 5 aromatic rings. The fourth-order valence-corrected chi connectivity index (χ4v) is 9.02. The fourth-order valence-electron chi connectivity index (χ4n) is 9.02. The summed E-state index contributed by atoms with van der Waals surface area (Å²) < 4.78 is 0. The van der Waals surface area contributed by atoms with Crippen LogP contribution in [0.3, 0.4) is 0 Å². The molecule has 9 N–H and O–H groups in total. The molecule has 0 saturated carbocycles. The monoisotopic (exact) mass is 970 g/mol. The van der Waals surface area contributed by atoms with E-state index in [0.29, 0.717) is 49.5 Å². The van der Waals surface area contributed by atoms with Gasteiger partial charge in [0.2, 0.25) is 29.5 Å². The van der Waals surface area contributed by atoms with Gasteiger partial charge in [-0.25, -0.2) is 9.97 Å². The maximum Gasteiger partial charge on any atom is 0.243 e. The smallest absolute Gasteiger partial charge is 0.243 e. The predicted octanol–water partition coefficient (Wildman–Crippen LogP) is 3.70. The van der Waals surface area contributed by atoms with Crippen molar-refractivity contribution < 1.29 is 33.9 Å². The van der Waals surface area contributed by atoms with E-state index in [1.165, 1.54) is 17.6 Å². The molecule has 3 aromatic carbocycles. The van der Waals surface area contributed by atoms with Crippen LogP contribution < -0.4 is 27.0 Å². The van der Waals surface area contributed by atoms with E-state index in [2.05, 4.69) is 41.2 Å². The highest BCUT2D eigenvalue weighted by Crippen LogP contribution is 2.25. The lowest BCUT2D eigenvalue weighted by molar-refractivity contribution is -0.140. The first-order valence-corrected chi connectivity index (χ1v) is 24.6. The van der Waals surface area contributed by atoms with Crippen LogP contribution in [0.25, 0.3) is 0 Å². The number of rotatable bonds is 26. The Labute approximate surface area is 416 Å². The van der Waals surface area contributed by atoms with Crippen molar-refractivity contribution in [1.29, 1.82) is 0 Å². The number of hydrogen-bond acceptors (Lipinski definition) is 10. The highest BCUT2D eigenvalue weighted by atomic mass is 16.3. The van der Waals surface area contributed by atoms with Gasteiger partial charge in [0.1, 0.15) is 18.1 Å². The number of carbonyl (C=O) groups is 6. The summed E-state index contributed by atoms with van der Waals surface area (Å²) in [6.07, 6.45) is 6.50. The van der Waals surface area contributed by atoms with Crippen LogP contribution in [0, 0.1) is 17.8 Å². The molecular formula is C54H69N10O7. The molecule has 1 aliphatic rings. The number of aromatic nitrogens is 4. The molecule has 1 aliphatic heterocycles. The number of Topliss-reactive ketones (excluding diaryl/α,β-unsaturated/α-hetero) is 1. The Kier molecular flexibility index (Phi) is 19.8. The number of aromatic amines is 2. The van der Waals surface area contributed by atoms with Gasteiger partial charge < -0.3 is 47.0 Å². The number of aliphatic hydroxyl groups is 1. The van der Waals surface area contributed by atoms with Crippen LogP contribution in [0.4, 0.5) is 0 Å². The summed E-state index contributed by atoms with van der Waals surface area (Å²) in [5.74, 6) is -2.47. The second-order valence-corrected chi connectivity index (χ2v) is 19.3. The number of carbonyl (C=O) groups excluding carboxylic acids is 6. The molecule has 0 spiro atoms. The van der Waals surface area contributed by atoms with Gasteiger partial charge >= 0.3 is 0 Å².